The van der Waals surface area contributed by atoms with Crippen LogP contribution < -0.4 is 5.32 Å². The number of hydrogen-bond acceptors (Lipinski definition) is 5. The lowest BCUT2D eigenvalue weighted by Crippen LogP contribution is -2.45. The lowest BCUT2D eigenvalue weighted by atomic mass is 10.1. The summed E-state index contributed by atoms with van der Waals surface area (Å²) in [5.41, 5.74) is 0. The van der Waals surface area contributed by atoms with Crippen molar-refractivity contribution in [3.05, 3.63) is 36.5 Å². The van der Waals surface area contributed by atoms with Crippen LogP contribution >= 0.6 is 0 Å². The predicted octanol–water partition coefficient (Wildman–Crippen LogP) is 14.9. The largest absolute Gasteiger partial charge is 0.466 e. The minimum absolute atomic E-state index is 0.0117. The van der Waals surface area contributed by atoms with Gasteiger partial charge in [-0.05, 0) is 83.5 Å². The minimum Gasteiger partial charge on any atom is -0.466 e. The van der Waals surface area contributed by atoms with Gasteiger partial charge in [0.15, 0.2) is 0 Å². The molecule has 0 radical (unpaired) electrons. The van der Waals surface area contributed by atoms with Gasteiger partial charge in [-0.15, -0.1) is 0 Å². The fourth-order valence-corrected chi connectivity index (χ4v) is 7.44. The number of unbranched alkanes of at least 4 members (excludes halogenated alkanes) is 31. The van der Waals surface area contributed by atoms with E-state index in [9.17, 15) is 19.8 Å². The summed E-state index contributed by atoms with van der Waals surface area (Å²) < 4.78 is 5.46. The molecule has 2 unspecified atom stereocenters. The third kappa shape index (κ3) is 43.7. The van der Waals surface area contributed by atoms with Crippen molar-refractivity contribution in [3.63, 3.8) is 0 Å². The average Bonchev–Trinajstić information content (AvgIpc) is 3.22. The summed E-state index contributed by atoms with van der Waals surface area (Å²) in [6.07, 6.45) is 57.2. The molecule has 58 heavy (non-hydrogen) atoms. The molecule has 6 heteroatoms. The van der Waals surface area contributed by atoms with Crippen molar-refractivity contribution in [2.75, 3.05) is 13.2 Å². The summed E-state index contributed by atoms with van der Waals surface area (Å²) >= 11 is 0. The number of aliphatic hydroxyl groups excluding tert-OH is 2. The molecule has 0 aliphatic rings. The number of allylic oxidation sites excluding steroid dienone is 5. The highest BCUT2D eigenvalue weighted by atomic mass is 16.5. The van der Waals surface area contributed by atoms with E-state index < -0.39 is 12.1 Å². The molecule has 0 aromatic heterocycles. The molecule has 3 N–H and O–H groups in total. The summed E-state index contributed by atoms with van der Waals surface area (Å²) in [5, 5.41) is 22.9. The van der Waals surface area contributed by atoms with Crippen molar-refractivity contribution in [2.24, 2.45) is 0 Å². The third-order valence-corrected chi connectivity index (χ3v) is 11.4. The first kappa shape index (κ1) is 56.1. The maximum absolute atomic E-state index is 12.4. The van der Waals surface area contributed by atoms with Gasteiger partial charge >= 0.3 is 5.97 Å². The fourth-order valence-electron chi connectivity index (χ4n) is 7.44. The van der Waals surface area contributed by atoms with Crippen LogP contribution in [0.5, 0.6) is 0 Å². The second-order valence-corrected chi connectivity index (χ2v) is 17.1. The quantitative estimate of drug-likeness (QED) is 0.0323. The van der Waals surface area contributed by atoms with Gasteiger partial charge in [0.25, 0.3) is 0 Å². The Morgan fingerprint density at radius 1 is 0.466 bits per heavy atom. The summed E-state index contributed by atoms with van der Waals surface area (Å²) in [5.74, 6) is -0.0958. The Hall–Kier alpha value is -1.92. The maximum Gasteiger partial charge on any atom is 0.305 e. The van der Waals surface area contributed by atoms with Crippen molar-refractivity contribution in [1.29, 1.82) is 0 Å². The third-order valence-electron chi connectivity index (χ3n) is 11.4. The molecule has 0 saturated carbocycles. The monoisotopic (exact) mass is 816 g/mol. The van der Waals surface area contributed by atoms with Crippen LogP contribution in [-0.2, 0) is 14.3 Å². The molecule has 0 saturated heterocycles. The van der Waals surface area contributed by atoms with Crippen LogP contribution in [0.15, 0.2) is 36.5 Å². The second kappa shape index (κ2) is 47.8. The number of esters is 1. The van der Waals surface area contributed by atoms with E-state index in [4.69, 9.17) is 4.74 Å². The molecule has 2 atom stereocenters. The number of aliphatic hydroxyl groups is 2. The number of ether oxygens (including phenoxy) is 1. The first-order valence-electron chi connectivity index (χ1n) is 25.3. The van der Waals surface area contributed by atoms with Gasteiger partial charge < -0.3 is 20.3 Å². The van der Waals surface area contributed by atoms with Gasteiger partial charge in [0, 0.05) is 12.8 Å². The molecule has 6 nitrogen and oxygen atoms in total. The van der Waals surface area contributed by atoms with E-state index in [1.165, 1.54) is 173 Å². The lowest BCUT2D eigenvalue weighted by Gasteiger charge is -2.20. The Morgan fingerprint density at radius 2 is 0.810 bits per heavy atom. The Morgan fingerprint density at radius 3 is 1.22 bits per heavy atom. The van der Waals surface area contributed by atoms with Crippen LogP contribution in [0.2, 0.25) is 0 Å². The summed E-state index contributed by atoms with van der Waals surface area (Å²) in [7, 11) is 0. The van der Waals surface area contributed by atoms with Crippen molar-refractivity contribution in [3.8, 4) is 0 Å². The number of amides is 1. The number of carbonyl (C=O) groups is 2. The number of hydrogen-bond donors (Lipinski definition) is 3. The Bertz CT molecular complexity index is 946. The molecule has 0 spiro atoms. The van der Waals surface area contributed by atoms with E-state index in [2.05, 4.69) is 43.5 Å². The Kier molecular flexibility index (Phi) is 46.2. The van der Waals surface area contributed by atoms with E-state index in [0.29, 0.717) is 19.4 Å². The first-order valence-corrected chi connectivity index (χ1v) is 25.3. The molecule has 0 fully saturated rings. The minimum atomic E-state index is -0.850. The van der Waals surface area contributed by atoms with Crippen molar-refractivity contribution >= 4 is 11.9 Å². The zero-order chi connectivity index (χ0) is 42.3. The van der Waals surface area contributed by atoms with Gasteiger partial charge in [-0.25, -0.2) is 0 Å². The Balaban J connectivity index is 3.46. The molecule has 0 rings (SSSR count). The summed E-state index contributed by atoms with van der Waals surface area (Å²) in [6.45, 7) is 4.83. The van der Waals surface area contributed by atoms with E-state index >= 15 is 0 Å². The topological polar surface area (TPSA) is 95.9 Å². The van der Waals surface area contributed by atoms with Crippen molar-refractivity contribution in [1.82, 2.24) is 5.32 Å². The number of carbonyl (C=O) groups excluding carboxylic acids is 2. The Labute approximate surface area is 360 Å². The van der Waals surface area contributed by atoms with Crippen LogP contribution in [0.1, 0.15) is 258 Å². The second-order valence-electron chi connectivity index (χ2n) is 17.1. The zero-order valence-electron chi connectivity index (χ0n) is 38.5. The molecule has 0 bridgehead atoms. The maximum atomic E-state index is 12.4. The van der Waals surface area contributed by atoms with Gasteiger partial charge in [0.05, 0.1) is 25.4 Å². The first-order chi connectivity index (χ1) is 28.5. The molecular weight excluding hydrogens is 719 g/mol. The number of rotatable bonds is 46. The molecule has 0 aromatic carbocycles. The summed E-state index contributed by atoms with van der Waals surface area (Å²) in [4.78, 5) is 24.4. The van der Waals surface area contributed by atoms with Crippen LogP contribution in [0, 0.1) is 0 Å². The SMILES string of the molecule is CCCCCCCC/C=C\CCCCCCCC(=O)OCCCCCCCC/C=C\CCCCCCCCCC(=O)NC(CO)C(O)/C=C/CCCCCCCCC. The van der Waals surface area contributed by atoms with Crippen LogP contribution in [0.25, 0.3) is 0 Å². The fraction of sp³-hybridized carbons (Fsp3) is 0.846. The van der Waals surface area contributed by atoms with E-state index in [0.717, 1.165) is 57.8 Å². The van der Waals surface area contributed by atoms with E-state index in [1.807, 2.05) is 6.08 Å². The van der Waals surface area contributed by atoms with Crippen molar-refractivity contribution < 1.29 is 24.5 Å². The molecule has 340 valence electrons. The highest BCUT2D eigenvalue weighted by Gasteiger charge is 2.18. The van der Waals surface area contributed by atoms with Gasteiger partial charge in [-0.1, -0.05) is 198 Å². The smallest absolute Gasteiger partial charge is 0.305 e. The van der Waals surface area contributed by atoms with Gasteiger partial charge in [0.2, 0.25) is 5.91 Å². The number of nitrogens with one attached hydrogen (secondary N) is 1. The van der Waals surface area contributed by atoms with Crippen LogP contribution in [0.4, 0.5) is 0 Å². The lowest BCUT2D eigenvalue weighted by molar-refractivity contribution is -0.143. The van der Waals surface area contributed by atoms with Gasteiger partial charge in [0.1, 0.15) is 0 Å². The molecule has 0 aromatic rings. The van der Waals surface area contributed by atoms with Crippen LogP contribution in [0.3, 0.4) is 0 Å². The molecule has 1 amide bonds. The highest BCUT2D eigenvalue weighted by molar-refractivity contribution is 5.76. The molecule has 0 heterocycles. The van der Waals surface area contributed by atoms with E-state index in [-0.39, 0.29) is 18.5 Å². The zero-order valence-corrected chi connectivity index (χ0v) is 38.5. The van der Waals surface area contributed by atoms with E-state index in [1.54, 1.807) is 6.08 Å². The van der Waals surface area contributed by atoms with Crippen LogP contribution in [-0.4, -0.2) is 47.4 Å². The van der Waals surface area contributed by atoms with Gasteiger partial charge in [-0.2, -0.15) is 0 Å². The standard InChI is InChI=1S/C52H97NO5/c1-3-5-7-9-11-13-14-15-19-23-26-30-34-38-42-46-52(57)58-47-43-39-35-31-27-24-21-18-16-17-20-22-25-29-33-37-41-45-51(56)53-49(48-54)50(55)44-40-36-32-28-12-10-8-6-4-2/h15-16,18-19,40,44,49-50,54-55H,3-14,17,20-39,41-43,45-48H2,1-2H3,(H,53,56)/b18-16-,19-15-,44-40+. The van der Waals surface area contributed by atoms with Gasteiger partial charge in [-0.3, -0.25) is 9.59 Å². The highest BCUT2D eigenvalue weighted by Crippen LogP contribution is 2.14. The average molecular weight is 816 g/mol. The molecular formula is C52H97NO5. The summed E-state index contributed by atoms with van der Waals surface area (Å²) in [6, 6.07) is -0.635. The molecule has 0 aliphatic heterocycles. The van der Waals surface area contributed by atoms with Crippen molar-refractivity contribution in [2.45, 2.75) is 270 Å². The predicted molar refractivity (Wildman–Crippen MR) is 250 cm³/mol. The molecule has 0 aliphatic carbocycles. The normalized spacial score (nSPS) is 13.0.